The van der Waals surface area contributed by atoms with Crippen molar-refractivity contribution in [3.8, 4) is 0 Å². The summed E-state index contributed by atoms with van der Waals surface area (Å²) in [7, 11) is 0. The number of aryl methyl sites for hydroxylation is 1. The number of nitrogens with two attached hydrogens (primary N) is 1. The van der Waals surface area contributed by atoms with Gasteiger partial charge in [-0.05, 0) is 53.5 Å². The molecule has 2 aromatic rings. The summed E-state index contributed by atoms with van der Waals surface area (Å²) in [6.45, 7) is 3.71. The fraction of sp³-hybridized carbons (Fsp3) is 0.154. The van der Waals surface area contributed by atoms with Crippen LogP contribution in [-0.2, 0) is 0 Å². The molecular weight excluding hydrogens is 343 g/mol. The van der Waals surface area contributed by atoms with Gasteiger partial charge in [-0.2, -0.15) is 5.10 Å². The van der Waals surface area contributed by atoms with Crippen molar-refractivity contribution in [1.82, 2.24) is 10.2 Å². The van der Waals surface area contributed by atoms with E-state index in [9.17, 15) is 4.39 Å². The van der Waals surface area contributed by atoms with E-state index in [1.807, 2.05) is 13.8 Å². The Balaban J connectivity index is 2.45. The van der Waals surface area contributed by atoms with Crippen LogP contribution in [0.2, 0.25) is 0 Å². The summed E-state index contributed by atoms with van der Waals surface area (Å²) in [4.78, 5) is 0.240. The minimum Gasteiger partial charge on any atom is -0.389 e. The molecule has 0 unspecified atom stereocenters. The summed E-state index contributed by atoms with van der Waals surface area (Å²) in [5.41, 5.74) is 8.69. The second kappa shape index (κ2) is 5.80. The van der Waals surface area contributed by atoms with E-state index in [2.05, 4.69) is 31.4 Å². The highest BCUT2D eigenvalue weighted by Gasteiger charge is 2.14. The molecule has 104 valence electrons. The maximum absolute atomic E-state index is 13.2. The van der Waals surface area contributed by atoms with Gasteiger partial charge in [-0.15, -0.1) is 5.10 Å². The molecule has 20 heavy (non-hydrogen) atoms. The number of rotatable bonds is 3. The Morgan fingerprint density at radius 1 is 1.35 bits per heavy atom. The van der Waals surface area contributed by atoms with Gasteiger partial charge in [0.1, 0.15) is 10.8 Å². The van der Waals surface area contributed by atoms with E-state index in [1.165, 1.54) is 6.07 Å². The third-order valence-corrected chi connectivity index (χ3v) is 3.70. The molecule has 0 aliphatic rings. The molecular formula is C13H12BrFN4S. The summed E-state index contributed by atoms with van der Waals surface area (Å²) in [6, 6.07) is 4.55. The normalized spacial score (nSPS) is 10.4. The Morgan fingerprint density at radius 3 is 2.65 bits per heavy atom. The first kappa shape index (κ1) is 14.8. The molecule has 0 aliphatic carbocycles. The van der Waals surface area contributed by atoms with E-state index < -0.39 is 0 Å². The Bertz CT molecular complexity index is 690. The molecule has 0 saturated carbocycles. The molecule has 0 spiro atoms. The second-order valence-corrected chi connectivity index (χ2v) is 5.55. The molecule has 0 saturated heterocycles. The SMILES string of the molecule is Cc1nnc(Nc2ccc(F)c(Br)c2)c(C(N)=S)c1C. The number of thiocarbonyl (C=S) groups is 1. The third kappa shape index (κ3) is 2.94. The number of aromatic nitrogens is 2. The van der Waals surface area contributed by atoms with Crippen LogP contribution in [-0.4, -0.2) is 15.2 Å². The largest absolute Gasteiger partial charge is 0.389 e. The van der Waals surface area contributed by atoms with Gasteiger partial charge >= 0.3 is 0 Å². The highest BCUT2D eigenvalue weighted by Crippen LogP contribution is 2.25. The molecule has 1 aromatic carbocycles. The molecule has 1 aromatic heterocycles. The molecule has 0 atom stereocenters. The van der Waals surface area contributed by atoms with Crippen molar-refractivity contribution < 1.29 is 4.39 Å². The quantitative estimate of drug-likeness (QED) is 0.827. The van der Waals surface area contributed by atoms with Crippen LogP contribution in [0.4, 0.5) is 15.9 Å². The van der Waals surface area contributed by atoms with Crippen molar-refractivity contribution in [2.45, 2.75) is 13.8 Å². The van der Waals surface area contributed by atoms with E-state index in [1.54, 1.807) is 12.1 Å². The highest BCUT2D eigenvalue weighted by molar-refractivity contribution is 9.10. The van der Waals surface area contributed by atoms with Gasteiger partial charge in [0.2, 0.25) is 0 Å². The molecule has 1 heterocycles. The Labute approximate surface area is 129 Å². The summed E-state index contributed by atoms with van der Waals surface area (Å²) in [6.07, 6.45) is 0. The zero-order valence-corrected chi connectivity index (χ0v) is 13.3. The minimum atomic E-state index is -0.337. The van der Waals surface area contributed by atoms with Gasteiger partial charge < -0.3 is 11.1 Å². The summed E-state index contributed by atoms with van der Waals surface area (Å²) < 4.78 is 13.6. The fourth-order valence-electron chi connectivity index (χ4n) is 1.71. The van der Waals surface area contributed by atoms with Gasteiger partial charge in [-0.25, -0.2) is 4.39 Å². The predicted molar refractivity (Wildman–Crippen MR) is 84.8 cm³/mol. The van der Waals surface area contributed by atoms with Crippen LogP contribution in [0.5, 0.6) is 0 Å². The number of hydrogen-bond donors (Lipinski definition) is 2. The molecule has 2 rings (SSSR count). The summed E-state index contributed by atoms with van der Waals surface area (Å²) >= 11 is 8.19. The number of benzene rings is 1. The maximum Gasteiger partial charge on any atom is 0.163 e. The van der Waals surface area contributed by atoms with E-state index in [4.69, 9.17) is 18.0 Å². The average molecular weight is 355 g/mol. The van der Waals surface area contributed by atoms with Crippen molar-refractivity contribution in [3.05, 3.63) is 45.3 Å². The topological polar surface area (TPSA) is 63.8 Å². The van der Waals surface area contributed by atoms with Crippen LogP contribution in [0.3, 0.4) is 0 Å². The molecule has 3 N–H and O–H groups in total. The van der Waals surface area contributed by atoms with Crippen molar-refractivity contribution in [2.75, 3.05) is 5.32 Å². The maximum atomic E-state index is 13.2. The number of nitrogens with one attached hydrogen (secondary N) is 1. The van der Waals surface area contributed by atoms with E-state index in [0.717, 1.165) is 11.3 Å². The molecule has 4 nitrogen and oxygen atoms in total. The van der Waals surface area contributed by atoms with Crippen LogP contribution < -0.4 is 11.1 Å². The van der Waals surface area contributed by atoms with Gasteiger partial charge in [-0.1, -0.05) is 12.2 Å². The van der Waals surface area contributed by atoms with Gasteiger partial charge in [0.05, 0.1) is 15.7 Å². The van der Waals surface area contributed by atoms with E-state index in [0.29, 0.717) is 21.5 Å². The van der Waals surface area contributed by atoms with Gasteiger partial charge in [-0.3, -0.25) is 0 Å². The Hall–Kier alpha value is -1.60. The number of nitrogens with zero attached hydrogens (tertiary/aromatic N) is 2. The summed E-state index contributed by atoms with van der Waals surface area (Å²) in [5, 5.41) is 11.2. The molecule has 0 aliphatic heterocycles. The second-order valence-electron chi connectivity index (χ2n) is 4.25. The van der Waals surface area contributed by atoms with Crippen LogP contribution in [0.15, 0.2) is 22.7 Å². The Morgan fingerprint density at radius 2 is 2.05 bits per heavy atom. The minimum absolute atomic E-state index is 0.240. The standard InChI is InChI=1S/C13H12BrFN4S/c1-6-7(2)18-19-13(11(6)12(16)20)17-8-3-4-10(15)9(14)5-8/h3-5H,1-2H3,(H2,16,20)(H,17,19). The van der Waals surface area contributed by atoms with Crippen molar-refractivity contribution in [1.29, 1.82) is 0 Å². The van der Waals surface area contributed by atoms with Crippen LogP contribution in [0, 0.1) is 19.7 Å². The van der Waals surface area contributed by atoms with Crippen LogP contribution >= 0.6 is 28.1 Å². The first-order valence-electron chi connectivity index (χ1n) is 5.76. The molecule has 0 fully saturated rings. The fourth-order valence-corrected chi connectivity index (χ4v) is 2.34. The molecule has 0 amide bonds. The monoisotopic (exact) mass is 354 g/mol. The van der Waals surface area contributed by atoms with Crippen LogP contribution in [0.1, 0.15) is 16.8 Å². The lowest BCUT2D eigenvalue weighted by Gasteiger charge is -2.13. The van der Waals surface area contributed by atoms with Crippen LogP contribution in [0.25, 0.3) is 0 Å². The highest BCUT2D eigenvalue weighted by atomic mass is 79.9. The zero-order valence-electron chi connectivity index (χ0n) is 10.9. The van der Waals surface area contributed by atoms with Gasteiger partial charge in [0.25, 0.3) is 0 Å². The van der Waals surface area contributed by atoms with Crippen molar-refractivity contribution >= 4 is 44.6 Å². The lowest BCUT2D eigenvalue weighted by molar-refractivity contribution is 0.621. The molecule has 0 radical (unpaired) electrons. The number of anilines is 2. The first-order chi connectivity index (χ1) is 9.40. The van der Waals surface area contributed by atoms with Gasteiger partial charge in [0.15, 0.2) is 5.82 Å². The Kier molecular flexibility index (Phi) is 4.29. The average Bonchev–Trinajstić information content (AvgIpc) is 2.38. The third-order valence-electron chi connectivity index (χ3n) is 2.88. The van der Waals surface area contributed by atoms with E-state index >= 15 is 0 Å². The number of hydrogen-bond acceptors (Lipinski definition) is 4. The summed E-state index contributed by atoms with van der Waals surface area (Å²) in [5.74, 6) is 0.121. The number of halogens is 2. The smallest absolute Gasteiger partial charge is 0.163 e. The zero-order chi connectivity index (χ0) is 14.9. The predicted octanol–water partition coefficient (Wildman–Crippen LogP) is 3.37. The van der Waals surface area contributed by atoms with Gasteiger partial charge in [0, 0.05) is 5.69 Å². The van der Waals surface area contributed by atoms with Crippen molar-refractivity contribution in [2.24, 2.45) is 5.73 Å². The lowest BCUT2D eigenvalue weighted by atomic mass is 10.1. The molecule has 0 bridgehead atoms. The van der Waals surface area contributed by atoms with E-state index in [-0.39, 0.29) is 10.8 Å². The molecule has 7 heteroatoms. The first-order valence-corrected chi connectivity index (χ1v) is 6.96. The lowest BCUT2D eigenvalue weighted by Crippen LogP contribution is -2.16. The van der Waals surface area contributed by atoms with Crippen molar-refractivity contribution in [3.63, 3.8) is 0 Å².